The Balaban J connectivity index is 2.37. The van der Waals surface area contributed by atoms with E-state index in [9.17, 15) is 0 Å². The molecule has 82 valence electrons. The van der Waals surface area contributed by atoms with Gasteiger partial charge in [0, 0.05) is 6.04 Å². The minimum atomic E-state index is -0.499. The van der Waals surface area contributed by atoms with Gasteiger partial charge in [0.15, 0.2) is 0 Å². The summed E-state index contributed by atoms with van der Waals surface area (Å²) in [6.07, 6.45) is 8.11. The van der Waals surface area contributed by atoms with Crippen molar-refractivity contribution in [3.8, 4) is 0 Å². The third-order valence-corrected chi connectivity index (χ3v) is 3.98. The minimum Gasteiger partial charge on any atom is -0.297 e. The summed E-state index contributed by atoms with van der Waals surface area (Å²) < 4.78 is 0. The van der Waals surface area contributed by atoms with Gasteiger partial charge in [-0.05, 0) is 32.9 Å². The van der Waals surface area contributed by atoms with Gasteiger partial charge in [0.2, 0.25) is 0 Å². The molecule has 0 aromatic carbocycles. The summed E-state index contributed by atoms with van der Waals surface area (Å²) in [5, 5.41) is 0. The topological polar surface area (TPSA) is 3.24 Å². The quantitative estimate of drug-likeness (QED) is 0.649. The Morgan fingerprint density at radius 3 is 2.14 bits per heavy atom. The van der Waals surface area contributed by atoms with Crippen molar-refractivity contribution in [2.24, 2.45) is 0 Å². The van der Waals surface area contributed by atoms with Crippen LogP contribution in [0.5, 0.6) is 0 Å². The lowest BCUT2D eigenvalue weighted by molar-refractivity contribution is 0.251. The van der Waals surface area contributed by atoms with Crippen molar-refractivity contribution in [2.75, 3.05) is 13.1 Å². The van der Waals surface area contributed by atoms with Crippen LogP contribution in [0.25, 0.3) is 0 Å². The highest BCUT2D eigenvalue weighted by atomic mass is 28.3. The molecule has 0 aromatic heterocycles. The number of rotatable bonds is 3. The fourth-order valence-corrected chi connectivity index (χ4v) is 2.77. The molecular weight excluding hydrogens is 186 g/mol. The average molecular weight is 211 g/mol. The van der Waals surface area contributed by atoms with Crippen molar-refractivity contribution < 1.29 is 0 Å². The smallest absolute Gasteiger partial charge is 0.0550 e. The largest absolute Gasteiger partial charge is 0.297 e. The minimum absolute atomic E-state index is 0.499. The Morgan fingerprint density at radius 1 is 1.07 bits per heavy atom. The molecule has 1 rings (SSSR count). The van der Waals surface area contributed by atoms with E-state index >= 15 is 0 Å². The predicted octanol–water partition coefficient (Wildman–Crippen LogP) is 2.83. The van der Waals surface area contributed by atoms with Crippen molar-refractivity contribution >= 4 is 8.80 Å². The summed E-state index contributed by atoms with van der Waals surface area (Å²) in [5.41, 5.74) is 2.47. The first-order valence-electron chi connectivity index (χ1n) is 6.12. The van der Waals surface area contributed by atoms with Gasteiger partial charge in [0.05, 0.1) is 8.80 Å². The van der Waals surface area contributed by atoms with Crippen molar-refractivity contribution in [2.45, 2.75) is 51.7 Å². The molecule has 0 aromatic rings. The molecule has 1 saturated heterocycles. The highest BCUT2D eigenvalue weighted by molar-refractivity contribution is 6.61. The maximum atomic E-state index is 2.64. The van der Waals surface area contributed by atoms with Gasteiger partial charge >= 0.3 is 0 Å². The molecule has 1 aliphatic rings. The lowest BCUT2D eigenvalue weighted by Crippen LogP contribution is -2.32. The van der Waals surface area contributed by atoms with E-state index in [1.807, 2.05) is 0 Å². The van der Waals surface area contributed by atoms with Crippen LogP contribution < -0.4 is 0 Å². The van der Waals surface area contributed by atoms with Gasteiger partial charge in [-0.15, -0.1) is 5.70 Å². The first-order valence-corrected chi connectivity index (χ1v) is 9.10. The summed E-state index contributed by atoms with van der Waals surface area (Å²) in [4.78, 5) is 2.64. The van der Waals surface area contributed by atoms with Gasteiger partial charge < -0.3 is 0 Å². The van der Waals surface area contributed by atoms with Gasteiger partial charge in [-0.25, -0.2) is 0 Å². The van der Waals surface area contributed by atoms with E-state index in [-0.39, 0.29) is 0 Å². The number of likely N-dealkylation sites (tertiary alicyclic amines) is 1. The number of nitrogens with zero attached hydrogens (tertiary/aromatic N) is 1. The van der Waals surface area contributed by atoms with Crippen molar-refractivity contribution in [3.05, 3.63) is 11.8 Å². The molecule has 0 amide bonds. The van der Waals surface area contributed by atoms with Gasteiger partial charge in [0.1, 0.15) is 0 Å². The van der Waals surface area contributed by atoms with Gasteiger partial charge in [-0.1, -0.05) is 32.0 Å². The predicted molar refractivity (Wildman–Crippen MR) is 67.5 cm³/mol. The van der Waals surface area contributed by atoms with Crippen LogP contribution in [-0.2, 0) is 0 Å². The van der Waals surface area contributed by atoms with Gasteiger partial charge in [-0.2, -0.15) is 0 Å². The Kier molecular flexibility index (Phi) is 5.49. The first kappa shape index (κ1) is 12.0. The van der Waals surface area contributed by atoms with E-state index in [2.05, 4.69) is 36.7 Å². The summed E-state index contributed by atoms with van der Waals surface area (Å²) in [5.74, 6) is 0. The van der Waals surface area contributed by atoms with Crippen LogP contribution in [0.3, 0.4) is 0 Å². The van der Waals surface area contributed by atoms with E-state index < -0.39 is 8.80 Å². The fraction of sp³-hybridized carbons (Fsp3) is 0.833. The molecule has 0 bridgehead atoms. The van der Waals surface area contributed by atoms with Crippen molar-refractivity contribution in [1.29, 1.82) is 0 Å². The van der Waals surface area contributed by atoms with Crippen LogP contribution in [0.4, 0.5) is 0 Å². The second-order valence-corrected chi connectivity index (χ2v) is 7.69. The maximum Gasteiger partial charge on any atom is 0.0550 e. The van der Waals surface area contributed by atoms with Crippen LogP contribution in [-0.4, -0.2) is 32.8 Å². The number of hydrogen-bond acceptors (Lipinski definition) is 1. The number of hydrogen-bond donors (Lipinski definition) is 0. The Bertz CT molecular complexity index is 169. The summed E-state index contributed by atoms with van der Waals surface area (Å²) in [6.45, 7) is 9.73. The standard InChI is InChI=1S/C12H25NSi/c1-12(8-11-14(2)3)13-9-6-4-5-7-10-13/h8,11-12,14H,4-7,9-10H2,1-3H3. The molecule has 0 aliphatic carbocycles. The van der Waals surface area contributed by atoms with Gasteiger partial charge in [-0.3, -0.25) is 4.90 Å². The third kappa shape index (κ3) is 4.42. The molecule has 0 radical (unpaired) electrons. The second-order valence-electron chi connectivity index (χ2n) is 4.82. The molecule has 1 heterocycles. The summed E-state index contributed by atoms with van der Waals surface area (Å²) in [7, 11) is -0.499. The van der Waals surface area contributed by atoms with Gasteiger partial charge in [0.25, 0.3) is 0 Å². The van der Waals surface area contributed by atoms with Crippen LogP contribution in [0, 0.1) is 0 Å². The molecule has 0 saturated carbocycles. The Hall–Kier alpha value is -0.0831. The third-order valence-electron chi connectivity index (χ3n) is 2.99. The molecule has 2 heteroatoms. The lowest BCUT2D eigenvalue weighted by Gasteiger charge is -2.25. The molecule has 1 aliphatic heterocycles. The van der Waals surface area contributed by atoms with E-state index in [1.54, 1.807) is 0 Å². The highest BCUT2D eigenvalue weighted by Crippen LogP contribution is 2.12. The van der Waals surface area contributed by atoms with E-state index in [0.717, 1.165) is 0 Å². The molecular formula is C12H25NSi. The molecule has 1 nitrogen and oxygen atoms in total. The van der Waals surface area contributed by atoms with Crippen LogP contribution in [0.15, 0.2) is 11.8 Å². The monoisotopic (exact) mass is 211 g/mol. The fourth-order valence-electron chi connectivity index (χ4n) is 2.01. The molecule has 1 fully saturated rings. The van der Waals surface area contributed by atoms with E-state index in [1.165, 1.54) is 38.8 Å². The Labute approximate surface area is 90.8 Å². The Morgan fingerprint density at radius 2 is 1.64 bits per heavy atom. The van der Waals surface area contributed by atoms with Crippen LogP contribution in [0.1, 0.15) is 32.6 Å². The molecule has 1 unspecified atom stereocenters. The molecule has 1 atom stereocenters. The zero-order valence-corrected chi connectivity index (χ0v) is 11.2. The zero-order chi connectivity index (χ0) is 10.4. The van der Waals surface area contributed by atoms with Crippen LogP contribution >= 0.6 is 0 Å². The lowest BCUT2D eigenvalue weighted by atomic mass is 10.2. The summed E-state index contributed by atoms with van der Waals surface area (Å²) in [6, 6.07) is 0.669. The van der Waals surface area contributed by atoms with Crippen molar-refractivity contribution in [1.82, 2.24) is 4.90 Å². The average Bonchev–Trinajstić information content (AvgIpc) is 2.42. The zero-order valence-electron chi connectivity index (χ0n) is 10.00. The SMILES string of the molecule is CC(C=C[SiH](C)C)N1CCCCCC1. The van der Waals surface area contributed by atoms with E-state index in [4.69, 9.17) is 0 Å². The van der Waals surface area contributed by atoms with Crippen molar-refractivity contribution in [3.63, 3.8) is 0 Å². The maximum absolute atomic E-state index is 2.64. The summed E-state index contributed by atoms with van der Waals surface area (Å²) >= 11 is 0. The van der Waals surface area contributed by atoms with E-state index in [0.29, 0.717) is 6.04 Å². The second kappa shape index (κ2) is 6.41. The first-order chi connectivity index (χ1) is 6.70. The molecule has 14 heavy (non-hydrogen) atoms. The molecule has 0 spiro atoms. The normalized spacial score (nSPS) is 22.9. The highest BCUT2D eigenvalue weighted by Gasteiger charge is 2.12. The van der Waals surface area contributed by atoms with Crippen LogP contribution in [0.2, 0.25) is 13.1 Å². The molecule has 0 N–H and O–H groups in total.